The summed E-state index contributed by atoms with van der Waals surface area (Å²) in [4.78, 5) is 31.4. The molecule has 0 aliphatic heterocycles. The zero-order chi connectivity index (χ0) is 43.5. The number of rotatable bonds is 5. The van der Waals surface area contributed by atoms with Crippen LogP contribution in [-0.4, -0.2) is 28.7 Å². The van der Waals surface area contributed by atoms with Crippen molar-refractivity contribution in [2.24, 2.45) is 0 Å². The molecule has 0 N–H and O–H groups in total. The highest BCUT2D eigenvalue weighted by Gasteiger charge is 2.24. The summed E-state index contributed by atoms with van der Waals surface area (Å²) in [5.41, 5.74) is 9.53. The molecule has 5 heterocycles. The fourth-order valence-corrected chi connectivity index (χ4v) is 10.1. The number of pyridine rings is 1. The van der Waals surface area contributed by atoms with E-state index in [1.54, 1.807) is 4.57 Å². The molecule has 14 rings (SSSR count). The average Bonchev–Trinajstić information content (AvgIpc) is 4.03. The molecule has 0 saturated carbocycles. The van der Waals surface area contributed by atoms with Gasteiger partial charge in [0, 0.05) is 60.2 Å². The number of hydrogen-bond acceptors (Lipinski definition) is 5. The van der Waals surface area contributed by atoms with Crippen LogP contribution < -0.4 is 5.56 Å². The average molecular weight is 847 g/mol. The minimum Gasteiger partial charge on any atom is -0.456 e. The molecule has 8 nitrogen and oxygen atoms in total. The summed E-state index contributed by atoms with van der Waals surface area (Å²) in [7, 11) is 0. The Morgan fingerprint density at radius 3 is 1.48 bits per heavy atom. The van der Waals surface area contributed by atoms with Crippen LogP contribution in [-0.2, 0) is 0 Å². The SMILES string of the molecule is O=c1c2cc3c(cc2c2cc4c5ccccc5n(-c5ccccc5)c4cc2n1-c1nc(-c2ccccc2)nc(-c2ccc4c(c2)oc2ccccc24)n1)c1ccccc1n3-c1ccccc1. The standard InChI is InChI=1S/C58H34N6O2/c65-57-47-33-50-44(39-22-10-13-25-48(39)62(50)37-18-6-2-7-19-37)31-43(47)46-32-45-40-23-11-14-26-49(40)63(38-20-8-3-9-21-38)51(45)34-52(46)64(57)58-60-55(35-16-4-1-5-17-35)59-56(61-58)36-28-29-42-41-24-12-15-27-53(41)66-54(42)30-36/h1-34H. The van der Waals surface area contributed by atoms with Crippen LogP contribution in [0.2, 0.25) is 0 Å². The summed E-state index contributed by atoms with van der Waals surface area (Å²) in [6, 6.07) is 70.2. The van der Waals surface area contributed by atoms with Gasteiger partial charge in [0.2, 0.25) is 5.95 Å². The van der Waals surface area contributed by atoms with Crippen LogP contribution in [0, 0.1) is 0 Å². The summed E-state index contributed by atoms with van der Waals surface area (Å²) in [6.07, 6.45) is 0. The van der Waals surface area contributed by atoms with Crippen molar-refractivity contribution in [3.63, 3.8) is 0 Å². The summed E-state index contributed by atoms with van der Waals surface area (Å²) < 4.78 is 12.6. The Labute approximate surface area is 375 Å². The molecular weight excluding hydrogens is 813 g/mol. The first-order chi connectivity index (χ1) is 32.6. The maximum Gasteiger partial charge on any atom is 0.265 e. The van der Waals surface area contributed by atoms with Gasteiger partial charge in [-0.05, 0) is 84.2 Å². The Hall–Kier alpha value is -9.14. The Bertz CT molecular complexity index is 4360. The predicted octanol–water partition coefficient (Wildman–Crippen LogP) is 13.8. The molecule has 0 bridgehead atoms. The van der Waals surface area contributed by atoms with Gasteiger partial charge in [-0.3, -0.25) is 4.79 Å². The largest absolute Gasteiger partial charge is 0.456 e. The van der Waals surface area contributed by atoms with Crippen LogP contribution in [0.15, 0.2) is 215 Å². The van der Waals surface area contributed by atoms with E-state index in [-0.39, 0.29) is 11.5 Å². The number of hydrogen-bond donors (Lipinski definition) is 0. The number of aromatic nitrogens is 6. The normalized spacial score (nSPS) is 12.0. The smallest absolute Gasteiger partial charge is 0.265 e. The van der Waals surface area contributed by atoms with Crippen LogP contribution in [0.5, 0.6) is 0 Å². The van der Waals surface area contributed by atoms with E-state index in [1.165, 1.54) is 0 Å². The molecule has 308 valence electrons. The van der Waals surface area contributed by atoms with Crippen LogP contribution in [0.4, 0.5) is 0 Å². The number of para-hydroxylation sites is 5. The maximum absolute atomic E-state index is 15.9. The van der Waals surface area contributed by atoms with Gasteiger partial charge in [-0.25, -0.2) is 9.55 Å². The Balaban J connectivity index is 1.14. The Morgan fingerprint density at radius 1 is 0.318 bits per heavy atom. The van der Waals surface area contributed by atoms with Gasteiger partial charge >= 0.3 is 0 Å². The Kier molecular flexibility index (Phi) is 7.67. The molecule has 0 saturated heterocycles. The van der Waals surface area contributed by atoms with Gasteiger partial charge in [0.25, 0.3) is 5.56 Å². The van der Waals surface area contributed by atoms with Gasteiger partial charge in [0.05, 0.1) is 33.0 Å². The van der Waals surface area contributed by atoms with E-state index < -0.39 is 0 Å². The summed E-state index contributed by atoms with van der Waals surface area (Å²) in [5, 5.41) is 8.68. The first kappa shape index (κ1) is 36.4. The van der Waals surface area contributed by atoms with Crippen LogP contribution in [0.3, 0.4) is 0 Å². The molecule has 0 unspecified atom stereocenters. The van der Waals surface area contributed by atoms with Crippen LogP contribution >= 0.6 is 0 Å². The summed E-state index contributed by atoms with van der Waals surface area (Å²) in [5.74, 6) is 1.07. The minimum absolute atomic E-state index is 0.214. The number of furan rings is 1. The third-order valence-electron chi connectivity index (χ3n) is 13.1. The molecule has 66 heavy (non-hydrogen) atoms. The quantitative estimate of drug-likeness (QED) is 0.161. The van der Waals surface area contributed by atoms with Gasteiger partial charge in [-0.15, -0.1) is 0 Å². The van der Waals surface area contributed by atoms with Crippen molar-refractivity contribution < 1.29 is 4.42 Å². The first-order valence-corrected chi connectivity index (χ1v) is 22.0. The van der Waals surface area contributed by atoms with E-state index >= 15 is 4.79 Å². The second-order valence-corrected chi connectivity index (χ2v) is 16.8. The summed E-state index contributed by atoms with van der Waals surface area (Å²) in [6.45, 7) is 0. The van der Waals surface area contributed by atoms with Crippen molar-refractivity contribution in [1.29, 1.82) is 0 Å². The van der Waals surface area contributed by atoms with E-state index in [4.69, 9.17) is 19.4 Å². The molecule has 0 aliphatic carbocycles. The Morgan fingerprint density at radius 2 is 0.818 bits per heavy atom. The van der Waals surface area contributed by atoms with Gasteiger partial charge in [-0.1, -0.05) is 127 Å². The van der Waals surface area contributed by atoms with Crippen molar-refractivity contribution >= 4 is 87.2 Å². The maximum atomic E-state index is 15.9. The number of fused-ring (bicyclic) bond motifs is 12. The fraction of sp³-hybridized carbons (Fsp3) is 0. The molecular formula is C58H34N6O2. The number of nitrogens with zero attached hydrogens (tertiary/aromatic N) is 6. The first-order valence-electron chi connectivity index (χ1n) is 22.0. The topological polar surface area (TPSA) is 83.7 Å². The van der Waals surface area contributed by atoms with Gasteiger partial charge in [0.1, 0.15) is 11.2 Å². The van der Waals surface area contributed by atoms with Crippen molar-refractivity contribution in [2.45, 2.75) is 0 Å². The zero-order valence-electron chi connectivity index (χ0n) is 35.1. The third kappa shape index (κ3) is 5.33. The molecule has 14 aromatic rings. The van der Waals surface area contributed by atoms with E-state index in [1.807, 2.05) is 84.9 Å². The van der Waals surface area contributed by atoms with Crippen molar-refractivity contribution in [2.75, 3.05) is 0 Å². The van der Waals surface area contributed by atoms with E-state index in [0.717, 1.165) is 98.8 Å². The monoisotopic (exact) mass is 846 g/mol. The van der Waals surface area contributed by atoms with Gasteiger partial charge in [0.15, 0.2) is 11.6 Å². The lowest BCUT2D eigenvalue weighted by atomic mass is 10.0. The molecule has 0 aliphatic rings. The lowest BCUT2D eigenvalue weighted by Gasteiger charge is -2.16. The highest BCUT2D eigenvalue weighted by atomic mass is 16.3. The molecule has 0 fully saturated rings. The molecule has 0 atom stereocenters. The second-order valence-electron chi connectivity index (χ2n) is 16.8. The summed E-state index contributed by atoms with van der Waals surface area (Å²) >= 11 is 0. The zero-order valence-corrected chi connectivity index (χ0v) is 35.1. The molecule has 8 heteroatoms. The van der Waals surface area contributed by atoms with E-state index in [0.29, 0.717) is 22.6 Å². The predicted molar refractivity (Wildman–Crippen MR) is 267 cm³/mol. The highest BCUT2D eigenvalue weighted by Crippen LogP contribution is 2.40. The van der Waals surface area contributed by atoms with Gasteiger partial charge in [-0.2, -0.15) is 9.97 Å². The lowest BCUT2D eigenvalue weighted by Crippen LogP contribution is -2.22. The van der Waals surface area contributed by atoms with Crippen molar-refractivity contribution in [3.05, 3.63) is 217 Å². The van der Waals surface area contributed by atoms with Crippen LogP contribution in [0.25, 0.3) is 127 Å². The van der Waals surface area contributed by atoms with Crippen molar-refractivity contribution in [3.8, 4) is 40.1 Å². The molecule has 0 spiro atoms. The molecule has 0 amide bonds. The highest BCUT2D eigenvalue weighted by molar-refractivity contribution is 6.21. The van der Waals surface area contributed by atoms with Crippen molar-refractivity contribution in [1.82, 2.24) is 28.7 Å². The fourth-order valence-electron chi connectivity index (χ4n) is 10.1. The molecule has 5 aromatic heterocycles. The second kappa shape index (κ2) is 13.9. The third-order valence-corrected chi connectivity index (χ3v) is 13.1. The molecule has 9 aromatic carbocycles. The lowest BCUT2D eigenvalue weighted by molar-refractivity contribution is 0.669. The van der Waals surface area contributed by atoms with Crippen LogP contribution in [0.1, 0.15) is 0 Å². The number of benzene rings is 9. The van der Waals surface area contributed by atoms with Gasteiger partial charge < -0.3 is 13.6 Å². The van der Waals surface area contributed by atoms with E-state index in [2.05, 4.69) is 130 Å². The van der Waals surface area contributed by atoms with E-state index in [9.17, 15) is 0 Å². The minimum atomic E-state index is -0.241. The molecule has 0 radical (unpaired) electrons.